The molecule has 0 aliphatic heterocycles. The van der Waals surface area contributed by atoms with E-state index in [1.54, 1.807) is 0 Å². The second-order valence-electron chi connectivity index (χ2n) is 8.20. The van der Waals surface area contributed by atoms with Crippen molar-refractivity contribution < 1.29 is 0 Å². The van der Waals surface area contributed by atoms with Gasteiger partial charge < -0.3 is 0 Å². The Hall–Kier alpha value is -2.34. The van der Waals surface area contributed by atoms with Crippen molar-refractivity contribution in [3.63, 3.8) is 0 Å². The van der Waals surface area contributed by atoms with Gasteiger partial charge in [0.15, 0.2) is 0 Å². The SMILES string of the molecule is Cc1cc(C2=CC=C(c3ccc4c(c3)C=CC4)C2)ccc1CCC1CC1. The molecule has 2 aromatic carbocycles. The zero-order valence-corrected chi connectivity index (χ0v) is 15.6. The van der Waals surface area contributed by atoms with Crippen LogP contribution in [0.25, 0.3) is 17.2 Å². The Morgan fingerprint density at radius 3 is 2.46 bits per heavy atom. The Morgan fingerprint density at radius 2 is 1.69 bits per heavy atom. The van der Waals surface area contributed by atoms with Gasteiger partial charge in [0, 0.05) is 0 Å². The molecule has 0 bridgehead atoms. The largest absolute Gasteiger partial charge is 0.0795 e. The second-order valence-corrected chi connectivity index (χ2v) is 8.20. The van der Waals surface area contributed by atoms with Crippen LogP contribution in [-0.2, 0) is 12.8 Å². The third-order valence-corrected chi connectivity index (χ3v) is 6.25. The molecule has 0 atom stereocenters. The van der Waals surface area contributed by atoms with E-state index in [2.05, 4.69) is 67.6 Å². The van der Waals surface area contributed by atoms with E-state index in [0.717, 1.165) is 18.8 Å². The predicted octanol–water partition coefficient (Wildman–Crippen LogP) is 6.78. The van der Waals surface area contributed by atoms with Crippen molar-refractivity contribution in [3.8, 4) is 0 Å². The summed E-state index contributed by atoms with van der Waals surface area (Å²) in [6.07, 6.45) is 16.8. The number of benzene rings is 2. The van der Waals surface area contributed by atoms with Crippen LogP contribution in [0, 0.1) is 12.8 Å². The molecule has 2 aromatic rings. The van der Waals surface area contributed by atoms with Gasteiger partial charge in [-0.25, -0.2) is 0 Å². The van der Waals surface area contributed by atoms with E-state index < -0.39 is 0 Å². The van der Waals surface area contributed by atoms with Gasteiger partial charge in [0.2, 0.25) is 0 Å². The summed E-state index contributed by atoms with van der Waals surface area (Å²) in [5.41, 5.74) is 11.5. The van der Waals surface area contributed by atoms with Crippen LogP contribution in [0.2, 0.25) is 0 Å². The molecule has 0 saturated heterocycles. The minimum atomic E-state index is 1.01. The molecule has 3 aliphatic carbocycles. The lowest BCUT2D eigenvalue weighted by Crippen LogP contribution is -1.93. The highest BCUT2D eigenvalue weighted by Crippen LogP contribution is 2.37. The first-order valence-corrected chi connectivity index (χ1v) is 10.1. The van der Waals surface area contributed by atoms with E-state index in [4.69, 9.17) is 0 Å². The quantitative estimate of drug-likeness (QED) is 0.564. The number of fused-ring (bicyclic) bond motifs is 1. The van der Waals surface area contributed by atoms with Gasteiger partial charge in [-0.3, -0.25) is 0 Å². The van der Waals surface area contributed by atoms with Crippen molar-refractivity contribution in [3.05, 3.63) is 88.0 Å². The van der Waals surface area contributed by atoms with Crippen molar-refractivity contribution in [2.45, 2.75) is 45.4 Å². The van der Waals surface area contributed by atoms with Gasteiger partial charge in [-0.15, -0.1) is 0 Å². The molecule has 3 aliphatic rings. The topological polar surface area (TPSA) is 0 Å². The van der Waals surface area contributed by atoms with Crippen molar-refractivity contribution >= 4 is 17.2 Å². The molecular weight excluding hydrogens is 312 g/mol. The number of allylic oxidation sites excluding steroid dienone is 5. The van der Waals surface area contributed by atoms with Crippen LogP contribution in [0.3, 0.4) is 0 Å². The summed E-state index contributed by atoms with van der Waals surface area (Å²) in [7, 11) is 0. The highest BCUT2D eigenvalue weighted by Gasteiger charge is 2.21. The molecule has 0 radical (unpaired) electrons. The Kier molecular flexibility index (Phi) is 3.93. The first-order valence-electron chi connectivity index (χ1n) is 10.1. The average molecular weight is 338 g/mol. The van der Waals surface area contributed by atoms with Crippen LogP contribution in [0.1, 0.15) is 59.1 Å². The molecule has 1 fully saturated rings. The van der Waals surface area contributed by atoms with E-state index in [1.807, 2.05) is 0 Å². The third-order valence-electron chi connectivity index (χ3n) is 6.25. The van der Waals surface area contributed by atoms with Crippen LogP contribution in [0.15, 0.2) is 54.6 Å². The third kappa shape index (κ3) is 3.09. The second kappa shape index (κ2) is 6.43. The molecular formula is C26H26. The predicted molar refractivity (Wildman–Crippen MR) is 112 cm³/mol. The fourth-order valence-electron chi connectivity index (χ4n) is 4.31. The van der Waals surface area contributed by atoms with Crippen molar-refractivity contribution in [1.82, 2.24) is 0 Å². The zero-order chi connectivity index (χ0) is 17.5. The van der Waals surface area contributed by atoms with Gasteiger partial charge in [-0.05, 0) is 89.1 Å². The van der Waals surface area contributed by atoms with Gasteiger partial charge in [0.05, 0.1) is 0 Å². The van der Waals surface area contributed by atoms with Crippen LogP contribution < -0.4 is 0 Å². The standard InChI is InChI=1S/C26H26/c1-18-15-23(11-9-20(18)8-7-19-5-6-19)24-13-14-26(17-24)25-12-10-21-3-2-4-22(21)16-25/h2,4,9-16,19H,3,5-8,17H2,1H3. The number of aryl methyl sites for hydroxylation is 2. The van der Waals surface area contributed by atoms with Gasteiger partial charge in [-0.2, -0.15) is 0 Å². The zero-order valence-electron chi connectivity index (χ0n) is 15.6. The smallest absolute Gasteiger partial charge is 0.00139 e. The molecule has 0 amide bonds. The monoisotopic (exact) mass is 338 g/mol. The Bertz CT molecular complexity index is 948. The van der Waals surface area contributed by atoms with E-state index >= 15 is 0 Å². The summed E-state index contributed by atoms with van der Waals surface area (Å²) < 4.78 is 0. The minimum Gasteiger partial charge on any atom is -0.0795 e. The summed E-state index contributed by atoms with van der Waals surface area (Å²) in [6.45, 7) is 2.28. The highest BCUT2D eigenvalue weighted by molar-refractivity contribution is 5.87. The number of hydrogen-bond donors (Lipinski definition) is 0. The van der Waals surface area contributed by atoms with E-state index in [1.165, 1.54) is 70.2 Å². The van der Waals surface area contributed by atoms with E-state index in [-0.39, 0.29) is 0 Å². The molecule has 5 rings (SSSR count). The van der Waals surface area contributed by atoms with Gasteiger partial charge in [-0.1, -0.05) is 67.5 Å². The molecule has 0 N–H and O–H groups in total. The van der Waals surface area contributed by atoms with E-state index in [9.17, 15) is 0 Å². The van der Waals surface area contributed by atoms with Crippen molar-refractivity contribution in [2.75, 3.05) is 0 Å². The van der Waals surface area contributed by atoms with Gasteiger partial charge in [0.1, 0.15) is 0 Å². The van der Waals surface area contributed by atoms with E-state index in [0.29, 0.717) is 0 Å². The van der Waals surface area contributed by atoms with Crippen LogP contribution in [-0.4, -0.2) is 0 Å². The summed E-state index contributed by atoms with van der Waals surface area (Å²) in [4.78, 5) is 0. The van der Waals surface area contributed by atoms with Crippen LogP contribution in [0.4, 0.5) is 0 Å². The fraction of sp³-hybridized carbons (Fsp3) is 0.308. The molecule has 0 spiro atoms. The summed E-state index contributed by atoms with van der Waals surface area (Å²) in [6, 6.07) is 14.0. The molecule has 130 valence electrons. The molecule has 0 unspecified atom stereocenters. The fourth-order valence-corrected chi connectivity index (χ4v) is 4.31. The molecule has 0 heterocycles. The summed E-state index contributed by atoms with van der Waals surface area (Å²) in [5, 5.41) is 0. The summed E-state index contributed by atoms with van der Waals surface area (Å²) >= 11 is 0. The lowest BCUT2D eigenvalue weighted by molar-refractivity contribution is 0.724. The van der Waals surface area contributed by atoms with Gasteiger partial charge >= 0.3 is 0 Å². The number of hydrogen-bond acceptors (Lipinski definition) is 0. The summed E-state index contributed by atoms with van der Waals surface area (Å²) in [5.74, 6) is 1.01. The first-order chi connectivity index (χ1) is 12.8. The Morgan fingerprint density at radius 1 is 0.923 bits per heavy atom. The lowest BCUT2D eigenvalue weighted by atomic mass is 9.94. The first kappa shape index (κ1) is 15.9. The molecule has 1 saturated carbocycles. The van der Waals surface area contributed by atoms with Crippen LogP contribution in [0.5, 0.6) is 0 Å². The highest BCUT2D eigenvalue weighted by atomic mass is 14.3. The van der Waals surface area contributed by atoms with Crippen molar-refractivity contribution in [2.24, 2.45) is 5.92 Å². The lowest BCUT2D eigenvalue weighted by Gasteiger charge is -2.11. The average Bonchev–Trinajstić information content (AvgIpc) is 3.16. The molecule has 0 nitrogen and oxygen atoms in total. The molecule has 26 heavy (non-hydrogen) atoms. The maximum absolute atomic E-state index is 2.40. The molecule has 0 heteroatoms. The number of rotatable bonds is 5. The minimum absolute atomic E-state index is 1.01. The maximum Gasteiger partial charge on any atom is -0.00139 e. The van der Waals surface area contributed by atoms with Crippen LogP contribution >= 0.6 is 0 Å². The van der Waals surface area contributed by atoms with Gasteiger partial charge in [0.25, 0.3) is 0 Å². The maximum atomic E-state index is 2.40. The van der Waals surface area contributed by atoms with Crippen molar-refractivity contribution in [1.29, 1.82) is 0 Å². The normalized spacial score (nSPS) is 18.0. The Labute approximate surface area is 157 Å². The molecule has 0 aromatic heterocycles. The Balaban J connectivity index is 1.30.